The molecule has 1 saturated carbocycles. The van der Waals surface area contributed by atoms with Gasteiger partial charge >= 0.3 is 0 Å². The van der Waals surface area contributed by atoms with Gasteiger partial charge in [0.25, 0.3) is 0 Å². The van der Waals surface area contributed by atoms with E-state index in [-0.39, 0.29) is 5.60 Å². The molecule has 1 fully saturated rings. The topological polar surface area (TPSA) is 9.23 Å². The van der Waals surface area contributed by atoms with Gasteiger partial charge in [0.2, 0.25) is 0 Å². The van der Waals surface area contributed by atoms with Crippen molar-refractivity contribution in [3.05, 3.63) is 11.6 Å². The van der Waals surface area contributed by atoms with Crippen LogP contribution in [-0.2, 0) is 4.74 Å². The smallest absolute Gasteiger partial charge is 0.0684 e. The second kappa shape index (κ2) is 4.76. The average molecular weight is 236 g/mol. The zero-order valence-corrected chi connectivity index (χ0v) is 12.1. The summed E-state index contributed by atoms with van der Waals surface area (Å²) < 4.78 is 5.88. The van der Waals surface area contributed by atoms with E-state index in [1.54, 1.807) is 5.57 Å². The van der Waals surface area contributed by atoms with Crippen LogP contribution in [0.15, 0.2) is 11.6 Å². The fraction of sp³-hybridized carbons (Fsp3) is 0.875. The molecule has 98 valence electrons. The van der Waals surface area contributed by atoms with Crippen molar-refractivity contribution in [1.82, 2.24) is 0 Å². The predicted molar refractivity (Wildman–Crippen MR) is 72.9 cm³/mol. The van der Waals surface area contributed by atoms with Gasteiger partial charge in [-0.15, -0.1) is 0 Å². The largest absolute Gasteiger partial charge is 0.378 e. The Kier molecular flexibility index (Phi) is 3.68. The van der Waals surface area contributed by atoms with Crippen molar-refractivity contribution in [2.75, 3.05) is 7.11 Å². The van der Waals surface area contributed by atoms with Crippen molar-refractivity contribution in [3.8, 4) is 0 Å². The van der Waals surface area contributed by atoms with Crippen LogP contribution in [0.2, 0.25) is 0 Å². The minimum Gasteiger partial charge on any atom is -0.378 e. The quantitative estimate of drug-likeness (QED) is 0.644. The van der Waals surface area contributed by atoms with Gasteiger partial charge in [0.15, 0.2) is 0 Å². The molecule has 17 heavy (non-hydrogen) atoms. The van der Waals surface area contributed by atoms with E-state index in [9.17, 15) is 0 Å². The Bertz CT molecular complexity index is 305. The summed E-state index contributed by atoms with van der Waals surface area (Å²) in [4.78, 5) is 0. The summed E-state index contributed by atoms with van der Waals surface area (Å²) in [7, 11) is 1.90. The van der Waals surface area contributed by atoms with Gasteiger partial charge in [-0.3, -0.25) is 0 Å². The molecule has 2 aliphatic rings. The zero-order chi connectivity index (χ0) is 12.6. The van der Waals surface area contributed by atoms with Crippen LogP contribution in [0.5, 0.6) is 0 Å². The van der Waals surface area contributed by atoms with Gasteiger partial charge in [0, 0.05) is 7.11 Å². The number of fused-ring (bicyclic) bond motifs is 1. The molecule has 1 nitrogen and oxygen atoms in total. The molecule has 4 unspecified atom stereocenters. The fourth-order valence-corrected chi connectivity index (χ4v) is 4.10. The molecule has 0 aromatic heterocycles. The maximum Gasteiger partial charge on any atom is 0.0684 e. The summed E-state index contributed by atoms with van der Waals surface area (Å²) in [5.41, 5.74) is 1.71. The van der Waals surface area contributed by atoms with Gasteiger partial charge in [-0.05, 0) is 63.2 Å². The maximum absolute atomic E-state index is 5.88. The monoisotopic (exact) mass is 236 g/mol. The van der Waals surface area contributed by atoms with Crippen LogP contribution in [0.1, 0.15) is 53.4 Å². The number of allylic oxidation sites excluding steroid dienone is 2. The summed E-state index contributed by atoms with van der Waals surface area (Å²) in [6.45, 7) is 9.39. The van der Waals surface area contributed by atoms with Crippen LogP contribution in [-0.4, -0.2) is 12.7 Å². The molecule has 0 spiro atoms. The second-order valence-corrected chi connectivity index (χ2v) is 6.70. The van der Waals surface area contributed by atoms with Gasteiger partial charge < -0.3 is 4.74 Å². The van der Waals surface area contributed by atoms with Crippen LogP contribution < -0.4 is 0 Å². The van der Waals surface area contributed by atoms with E-state index in [4.69, 9.17) is 4.74 Å². The van der Waals surface area contributed by atoms with Crippen molar-refractivity contribution in [1.29, 1.82) is 0 Å². The number of hydrogen-bond donors (Lipinski definition) is 0. The molecular formula is C16H28O. The highest BCUT2D eigenvalue weighted by Gasteiger charge is 2.47. The van der Waals surface area contributed by atoms with Gasteiger partial charge in [-0.25, -0.2) is 0 Å². The molecule has 0 bridgehead atoms. The van der Waals surface area contributed by atoms with Crippen LogP contribution in [0.25, 0.3) is 0 Å². The molecule has 2 aliphatic carbocycles. The van der Waals surface area contributed by atoms with Gasteiger partial charge in [-0.2, -0.15) is 0 Å². The van der Waals surface area contributed by atoms with E-state index < -0.39 is 0 Å². The van der Waals surface area contributed by atoms with Crippen LogP contribution >= 0.6 is 0 Å². The molecule has 0 amide bonds. The molecule has 0 radical (unpaired) electrons. The van der Waals surface area contributed by atoms with Crippen molar-refractivity contribution >= 4 is 0 Å². The maximum atomic E-state index is 5.88. The Hall–Kier alpha value is -0.300. The predicted octanol–water partition coefficient (Wildman–Crippen LogP) is 4.43. The summed E-state index contributed by atoms with van der Waals surface area (Å²) in [6.07, 6.45) is 7.72. The standard InChI is InChI=1S/C16H28O/c1-11(2)13-8-9-16(4,17-5)15-7-6-12(3)10-14(13)15/h10-11,13-15H,6-9H2,1-5H3. The zero-order valence-electron chi connectivity index (χ0n) is 12.1. The lowest BCUT2D eigenvalue weighted by Crippen LogP contribution is -2.49. The Morgan fingerprint density at radius 2 is 2.06 bits per heavy atom. The molecule has 1 heteroatoms. The first kappa shape index (κ1) is 13.1. The number of rotatable bonds is 2. The molecule has 0 N–H and O–H groups in total. The number of ether oxygens (including phenoxy) is 1. The Morgan fingerprint density at radius 1 is 1.35 bits per heavy atom. The Morgan fingerprint density at radius 3 is 2.65 bits per heavy atom. The molecule has 0 aliphatic heterocycles. The normalized spacial score (nSPS) is 42.2. The molecule has 2 rings (SSSR count). The van der Waals surface area contributed by atoms with E-state index in [0.717, 1.165) is 23.7 Å². The van der Waals surface area contributed by atoms with Gasteiger partial charge in [-0.1, -0.05) is 25.5 Å². The highest BCUT2D eigenvalue weighted by atomic mass is 16.5. The van der Waals surface area contributed by atoms with Crippen LogP contribution in [0, 0.1) is 23.7 Å². The lowest BCUT2D eigenvalue weighted by Gasteiger charge is -2.51. The lowest BCUT2D eigenvalue weighted by atomic mass is 9.58. The minimum absolute atomic E-state index is 0.118. The second-order valence-electron chi connectivity index (χ2n) is 6.70. The molecule has 0 heterocycles. The third kappa shape index (κ3) is 2.31. The van der Waals surface area contributed by atoms with E-state index in [1.165, 1.54) is 25.7 Å². The molecule has 0 aromatic carbocycles. The van der Waals surface area contributed by atoms with Crippen molar-refractivity contribution in [2.45, 2.75) is 59.0 Å². The average Bonchev–Trinajstić information content (AvgIpc) is 2.28. The summed E-state index contributed by atoms with van der Waals surface area (Å²) in [5.74, 6) is 3.14. The third-order valence-corrected chi connectivity index (χ3v) is 5.37. The third-order valence-electron chi connectivity index (χ3n) is 5.37. The van der Waals surface area contributed by atoms with E-state index >= 15 is 0 Å². The molecule has 4 atom stereocenters. The van der Waals surface area contributed by atoms with Crippen molar-refractivity contribution in [3.63, 3.8) is 0 Å². The number of hydrogen-bond acceptors (Lipinski definition) is 1. The first-order chi connectivity index (χ1) is 7.98. The Labute approximate surface area is 107 Å². The highest BCUT2D eigenvalue weighted by molar-refractivity contribution is 5.14. The van der Waals surface area contributed by atoms with E-state index in [2.05, 4.69) is 33.8 Å². The van der Waals surface area contributed by atoms with E-state index in [0.29, 0.717) is 0 Å². The molecular weight excluding hydrogens is 208 g/mol. The highest BCUT2D eigenvalue weighted by Crippen LogP contribution is 2.50. The molecule has 0 saturated heterocycles. The van der Waals surface area contributed by atoms with E-state index in [1.807, 2.05) is 7.11 Å². The molecule has 0 aromatic rings. The fourth-order valence-electron chi connectivity index (χ4n) is 4.10. The number of methoxy groups -OCH3 is 1. The Balaban J connectivity index is 2.29. The van der Waals surface area contributed by atoms with Crippen molar-refractivity contribution < 1.29 is 4.74 Å². The lowest BCUT2D eigenvalue weighted by molar-refractivity contribution is -0.107. The summed E-state index contributed by atoms with van der Waals surface area (Å²) >= 11 is 0. The minimum atomic E-state index is 0.118. The van der Waals surface area contributed by atoms with Crippen LogP contribution in [0.3, 0.4) is 0 Å². The van der Waals surface area contributed by atoms with Gasteiger partial charge in [0.05, 0.1) is 5.60 Å². The van der Waals surface area contributed by atoms with Crippen LogP contribution in [0.4, 0.5) is 0 Å². The van der Waals surface area contributed by atoms with Gasteiger partial charge in [0.1, 0.15) is 0 Å². The SMILES string of the molecule is COC1(C)CCC(C(C)C)C2C=C(C)CCC21. The van der Waals surface area contributed by atoms with Crippen molar-refractivity contribution in [2.24, 2.45) is 23.7 Å². The summed E-state index contributed by atoms with van der Waals surface area (Å²) in [5, 5.41) is 0. The first-order valence-corrected chi connectivity index (χ1v) is 7.20. The first-order valence-electron chi connectivity index (χ1n) is 7.20. The summed E-state index contributed by atoms with van der Waals surface area (Å²) in [6, 6.07) is 0.